The van der Waals surface area contributed by atoms with Crippen LogP contribution >= 0.6 is 0 Å². The summed E-state index contributed by atoms with van der Waals surface area (Å²) in [5, 5.41) is 0. The van der Waals surface area contributed by atoms with Gasteiger partial charge in [0.1, 0.15) is 0 Å². The molecule has 0 fully saturated rings. The molecule has 355 valence electrons. The minimum atomic E-state index is -2.63. The van der Waals surface area contributed by atoms with Gasteiger partial charge < -0.3 is 0 Å². The van der Waals surface area contributed by atoms with Crippen molar-refractivity contribution in [3.63, 3.8) is 0 Å². The van der Waals surface area contributed by atoms with Crippen LogP contribution < -0.4 is 0 Å². The summed E-state index contributed by atoms with van der Waals surface area (Å²) < 4.78 is 0. The molecule has 0 aromatic rings. The average Bonchev–Trinajstić information content (AvgIpc) is 3.24. The van der Waals surface area contributed by atoms with E-state index in [9.17, 15) is 0 Å². The van der Waals surface area contributed by atoms with Gasteiger partial charge in [0, 0.05) is 0 Å². The maximum atomic E-state index is 15.3. The van der Waals surface area contributed by atoms with Crippen molar-refractivity contribution in [3.8, 4) is 0 Å². The van der Waals surface area contributed by atoms with Crippen molar-refractivity contribution < 1.29 is 4.80 Å². The minimum Gasteiger partial charge on any atom is -0.296 e. The van der Waals surface area contributed by atoms with Gasteiger partial charge in [-0.15, -0.1) is 0 Å². The van der Waals surface area contributed by atoms with Crippen molar-refractivity contribution in [3.05, 3.63) is 0 Å². The summed E-state index contributed by atoms with van der Waals surface area (Å²) in [4.78, 5) is 15.3. The molecule has 0 aromatic heterocycles. The van der Waals surface area contributed by atoms with Gasteiger partial charge in [-0.2, -0.15) is 0 Å². The second kappa shape index (κ2) is 47.7. The molecule has 0 rings (SSSR count). The third kappa shape index (κ3) is 38.4. The van der Waals surface area contributed by atoms with Gasteiger partial charge >= 0.3 is 0 Å². The fourth-order valence-electron chi connectivity index (χ4n) is 10.6. The number of hydrogen-bond acceptors (Lipinski definition) is 0. The molecule has 1 nitrogen and oxygen atoms in total. The molecule has 2 heteroatoms. The van der Waals surface area contributed by atoms with Crippen LogP contribution in [-0.2, 0) is 4.80 Å². The Kier molecular flexibility index (Phi) is 47.8. The fourth-order valence-corrected chi connectivity index (χ4v) is 15.5. The summed E-state index contributed by atoms with van der Waals surface area (Å²) in [7, 11) is -2.63. The lowest BCUT2D eigenvalue weighted by Gasteiger charge is -2.39. The van der Waals surface area contributed by atoms with Crippen molar-refractivity contribution in [1.82, 2.24) is 0 Å². The lowest BCUT2D eigenvalue weighted by atomic mass is 10.0. The molecular weight excluding hydrogens is 729 g/mol. The first-order chi connectivity index (χ1) is 28.9. The van der Waals surface area contributed by atoms with Crippen LogP contribution in [0.5, 0.6) is 0 Å². The zero-order valence-corrected chi connectivity index (χ0v) is 43.6. The first kappa shape index (κ1) is 59.2. The van der Waals surface area contributed by atoms with Gasteiger partial charge in [-0.25, -0.2) is 0 Å². The van der Waals surface area contributed by atoms with Gasteiger partial charge in [-0.1, -0.05) is 350 Å². The molecule has 0 aromatic carbocycles. The molecule has 1 radical (unpaired) electrons. The van der Waals surface area contributed by atoms with Gasteiger partial charge in [0.25, 0.3) is 0 Å². The zero-order valence-electron chi connectivity index (χ0n) is 42.6. The molecule has 0 amide bonds. The van der Waals surface area contributed by atoms with Crippen LogP contribution in [0, 0.1) is 0 Å². The maximum Gasteiger partial charge on any atom is 0.245 e. The normalized spacial score (nSPS) is 14.5. The molecule has 0 aliphatic carbocycles. The highest BCUT2D eigenvalue weighted by atomic mass is 28.4. The predicted octanol–water partition coefficient (Wildman–Crippen LogP) is 22.3. The molecule has 0 N–H and O–H groups in total. The topological polar surface area (TPSA) is 19.9 Å². The third-order valence-corrected chi connectivity index (χ3v) is 20.5. The Bertz CT molecular complexity index is 668. The molecule has 3 unspecified atom stereocenters. The molecule has 59 heavy (non-hydrogen) atoms. The van der Waals surface area contributed by atoms with E-state index in [1.165, 1.54) is 308 Å². The molecule has 0 saturated heterocycles. The van der Waals surface area contributed by atoms with E-state index in [1.807, 2.05) is 0 Å². The molecular formula is C57H117OSi. The number of unbranched alkanes of at least 4 members (excludes halogenated alkanes) is 42. The van der Waals surface area contributed by atoms with Crippen molar-refractivity contribution in [2.75, 3.05) is 0 Å². The van der Waals surface area contributed by atoms with Crippen LogP contribution in [0.15, 0.2) is 0 Å². The van der Waals surface area contributed by atoms with E-state index in [2.05, 4.69) is 41.5 Å². The van der Waals surface area contributed by atoms with E-state index >= 15 is 4.80 Å². The first-order valence-electron chi connectivity index (χ1n) is 28.6. The van der Waals surface area contributed by atoms with E-state index in [0.717, 1.165) is 0 Å². The van der Waals surface area contributed by atoms with E-state index in [-0.39, 0.29) is 0 Å². The molecule has 0 heterocycles. The number of rotatable bonds is 51. The summed E-state index contributed by atoms with van der Waals surface area (Å²) in [6.07, 6.45) is 67.5. The third-order valence-electron chi connectivity index (χ3n) is 15.0. The van der Waals surface area contributed by atoms with Crippen LogP contribution in [0.1, 0.15) is 350 Å². The highest BCUT2D eigenvalue weighted by Crippen LogP contribution is 2.47. The molecule has 0 aliphatic heterocycles. The monoisotopic (exact) mass is 846 g/mol. The molecule has 0 bridgehead atoms. The van der Waals surface area contributed by atoms with Gasteiger partial charge in [-0.05, 0) is 16.6 Å². The van der Waals surface area contributed by atoms with Crippen molar-refractivity contribution >= 4 is 8.32 Å². The first-order valence-corrected chi connectivity index (χ1v) is 30.8. The lowest BCUT2D eigenvalue weighted by Crippen LogP contribution is -2.46. The Labute approximate surface area is 377 Å². The zero-order chi connectivity index (χ0) is 43.2. The van der Waals surface area contributed by atoms with E-state index in [1.54, 1.807) is 0 Å². The Morgan fingerprint density at radius 1 is 0.220 bits per heavy atom. The molecule has 3 atom stereocenters. The van der Waals surface area contributed by atoms with Crippen LogP contribution in [-0.4, -0.2) is 8.32 Å². The van der Waals surface area contributed by atoms with Gasteiger partial charge in [-0.3, -0.25) is 4.80 Å². The highest BCUT2D eigenvalue weighted by molar-refractivity contribution is 6.76. The fraction of sp³-hybridized carbons (Fsp3) is 1.00. The molecule has 0 saturated carbocycles. The van der Waals surface area contributed by atoms with E-state index < -0.39 is 8.32 Å². The predicted molar refractivity (Wildman–Crippen MR) is 273 cm³/mol. The van der Waals surface area contributed by atoms with Gasteiger partial charge in [0.05, 0.1) is 0 Å². The Morgan fingerprint density at radius 3 is 0.475 bits per heavy atom. The van der Waals surface area contributed by atoms with Crippen molar-refractivity contribution in [2.24, 2.45) is 0 Å². The average molecular weight is 847 g/mol. The summed E-state index contributed by atoms with van der Waals surface area (Å²) >= 11 is 0. The summed E-state index contributed by atoms with van der Waals surface area (Å²) in [6.45, 7) is 14.2. The SMILES string of the molecule is CCCCCCCCCCCCCCCCCC(C)[Si]([O])(C(C)CCCCCCCCCCCCCCCCC)C(C)CCCCCCCCCCCCCCCCC. The lowest BCUT2D eigenvalue weighted by molar-refractivity contribution is 0.346. The minimum absolute atomic E-state index is 0.433. The number of hydrogen-bond donors (Lipinski definition) is 0. The van der Waals surface area contributed by atoms with Crippen molar-refractivity contribution in [1.29, 1.82) is 0 Å². The second-order valence-electron chi connectivity index (χ2n) is 20.8. The van der Waals surface area contributed by atoms with Crippen molar-refractivity contribution in [2.45, 2.75) is 366 Å². The summed E-state index contributed by atoms with van der Waals surface area (Å²) in [6, 6.07) is 0. The molecule has 0 spiro atoms. The van der Waals surface area contributed by atoms with Crippen LogP contribution in [0.3, 0.4) is 0 Å². The second-order valence-corrected chi connectivity index (χ2v) is 25.4. The standard InChI is InChI=1S/C57H117OSi/c1-7-10-13-16-19-22-25-28-31-34-37-40-43-46-49-52-55(4)59(58,56(5)53-50-47-44-41-38-35-32-29-26-23-20-17-14-11-8-2)57(6)54-51-48-45-42-39-36-33-30-27-24-21-18-15-12-9-3/h55-57H,7-54H2,1-6H3. The maximum absolute atomic E-state index is 15.3. The Balaban J connectivity index is 4.47. The smallest absolute Gasteiger partial charge is 0.245 e. The Hall–Kier alpha value is 0.177. The van der Waals surface area contributed by atoms with Crippen LogP contribution in [0.25, 0.3) is 0 Å². The van der Waals surface area contributed by atoms with Gasteiger partial charge in [0.15, 0.2) is 0 Å². The van der Waals surface area contributed by atoms with Crippen LogP contribution in [0.2, 0.25) is 16.6 Å². The van der Waals surface area contributed by atoms with E-state index in [0.29, 0.717) is 16.6 Å². The molecule has 0 aliphatic rings. The van der Waals surface area contributed by atoms with Crippen LogP contribution in [0.4, 0.5) is 0 Å². The quantitative estimate of drug-likeness (QED) is 0.0429. The summed E-state index contributed by atoms with van der Waals surface area (Å²) in [5.41, 5.74) is 1.30. The highest BCUT2D eigenvalue weighted by Gasteiger charge is 2.48. The largest absolute Gasteiger partial charge is 0.296 e. The Morgan fingerprint density at radius 2 is 0.339 bits per heavy atom. The van der Waals surface area contributed by atoms with E-state index in [4.69, 9.17) is 0 Å². The van der Waals surface area contributed by atoms with Gasteiger partial charge in [0.2, 0.25) is 8.32 Å². The summed E-state index contributed by atoms with van der Waals surface area (Å²) in [5.74, 6) is 0.